The van der Waals surface area contributed by atoms with E-state index in [1.54, 1.807) is 15.6 Å². The van der Waals surface area contributed by atoms with Crippen molar-refractivity contribution in [3.8, 4) is 0 Å². The lowest BCUT2D eigenvalue weighted by Crippen LogP contribution is -2.45. The van der Waals surface area contributed by atoms with Crippen LogP contribution in [0.4, 0.5) is 0 Å². The molecule has 0 spiro atoms. The third kappa shape index (κ3) is 3.50. The van der Waals surface area contributed by atoms with Crippen molar-refractivity contribution in [3.63, 3.8) is 0 Å². The summed E-state index contributed by atoms with van der Waals surface area (Å²) in [6, 6.07) is 1.93. The maximum absolute atomic E-state index is 13.0. The van der Waals surface area contributed by atoms with Crippen LogP contribution in [0.2, 0.25) is 0 Å². The van der Waals surface area contributed by atoms with Crippen LogP contribution in [0.1, 0.15) is 43.4 Å². The molecule has 2 atom stereocenters. The fourth-order valence-corrected chi connectivity index (χ4v) is 6.22. The quantitative estimate of drug-likeness (QED) is 0.903. The SMILES string of the molecule is CCNCc1cc(S(=O)(=O)N2CCCC(C)C2C)c(C)s1. The molecule has 2 rings (SSSR count). The van der Waals surface area contributed by atoms with Crippen LogP contribution in [0.25, 0.3) is 0 Å². The Bertz CT molecular complexity index is 580. The van der Waals surface area contributed by atoms with E-state index in [9.17, 15) is 8.42 Å². The average Bonchev–Trinajstić information content (AvgIpc) is 2.81. The van der Waals surface area contributed by atoms with Gasteiger partial charge in [0.25, 0.3) is 0 Å². The Morgan fingerprint density at radius 3 is 2.81 bits per heavy atom. The molecule has 0 saturated carbocycles. The summed E-state index contributed by atoms with van der Waals surface area (Å²) in [5.74, 6) is 0.425. The lowest BCUT2D eigenvalue weighted by atomic mass is 9.94. The van der Waals surface area contributed by atoms with E-state index < -0.39 is 10.0 Å². The molecule has 0 aromatic carbocycles. The Labute approximate surface area is 132 Å². The van der Waals surface area contributed by atoms with Gasteiger partial charge in [0.1, 0.15) is 0 Å². The zero-order valence-corrected chi connectivity index (χ0v) is 15.0. The molecular formula is C15H26N2O2S2. The van der Waals surface area contributed by atoms with E-state index in [4.69, 9.17) is 0 Å². The Morgan fingerprint density at radius 2 is 2.14 bits per heavy atom. The van der Waals surface area contributed by atoms with Gasteiger partial charge in [-0.05, 0) is 45.2 Å². The summed E-state index contributed by atoms with van der Waals surface area (Å²) in [6.45, 7) is 10.4. The molecule has 1 fully saturated rings. The number of aryl methyl sites for hydroxylation is 1. The van der Waals surface area contributed by atoms with Crippen molar-refractivity contribution in [1.29, 1.82) is 0 Å². The molecule has 1 aliphatic rings. The summed E-state index contributed by atoms with van der Waals surface area (Å²) >= 11 is 1.58. The van der Waals surface area contributed by atoms with Crippen LogP contribution in [-0.2, 0) is 16.6 Å². The molecule has 1 saturated heterocycles. The van der Waals surface area contributed by atoms with Gasteiger partial charge >= 0.3 is 0 Å². The Balaban J connectivity index is 2.28. The standard InChI is InChI=1S/C15H26N2O2S2/c1-5-16-10-14-9-15(13(4)20-14)21(18,19)17-8-6-7-11(2)12(17)3/h9,11-12,16H,5-8,10H2,1-4H3. The van der Waals surface area contributed by atoms with Gasteiger partial charge in [0, 0.05) is 28.9 Å². The molecule has 2 heterocycles. The van der Waals surface area contributed by atoms with Crippen molar-refractivity contribution in [1.82, 2.24) is 9.62 Å². The maximum Gasteiger partial charge on any atom is 0.244 e. The number of hydrogen-bond donors (Lipinski definition) is 1. The molecule has 21 heavy (non-hydrogen) atoms. The highest BCUT2D eigenvalue weighted by Crippen LogP contribution is 2.33. The van der Waals surface area contributed by atoms with E-state index in [-0.39, 0.29) is 6.04 Å². The van der Waals surface area contributed by atoms with Crippen molar-refractivity contribution in [2.45, 2.75) is 58.0 Å². The average molecular weight is 331 g/mol. The van der Waals surface area contributed by atoms with Crippen LogP contribution >= 0.6 is 11.3 Å². The Morgan fingerprint density at radius 1 is 1.43 bits per heavy atom. The summed E-state index contributed by atoms with van der Waals surface area (Å²) in [6.07, 6.45) is 2.07. The minimum absolute atomic E-state index is 0.0836. The lowest BCUT2D eigenvalue weighted by molar-refractivity contribution is 0.202. The van der Waals surface area contributed by atoms with Crippen LogP contribution in [0.3, 0.4) is 0 Å². The highest BCUT2D eigenvalue weighted by atomic mass is 32.2. The lowest BCUT2D eigenvalue weighted by Gasteiger charge is -2.36. The molecule has 4 nitrogen and oxygen atoms in total. The minimum atomic E-state index is -3.36. The molecule has 2 unspecified atom stereocenters. The van der Waals surface area contributed by atoms with E-state index in [0.29, 0.717) is 17.4 Å². The minimum Gasteiger partial charge on any atom is -0.312 e. The van der Waals surface area contributed by atoms with Crippen molar-refractivity contribution >= 4 is 21.4 Å². The zero-order chi connectivity index (χ0) is 15.6. The Hall–Kier alpha value is -0.430. The first-order valence-corrected chi connectivity index (χ1v) is 9.95. The van der Waals surface area contributed by atoms with Crippen LogP contribution in [-0.4, -0.2) is 31.9 Å². The van der Waals surface area contributed by atoms with Crippen molar-refractivity contribution in [3.05, 3.63) is 15.8 Å². The number of rotatable bonds is 5. The summed E-state index contributed by atoms with van der Waals surface area (Å²) < 4.78 is 27.6. The summed E-state index contributed by atoms with van der Waals surface area (Å²) in [4.78, 5) is 2.49. The first-order valence-electron chi connectivity index (χ1n) is 7.69. The predicted octanol–water partition coefficient (Wildman–Crippen LogP) is 2.98. The van der Waals surface area contributed by atoms with Crippen molar-refractivity contribution in [2.75, 3.05) is 13.1 Å². The summed E-state index contributed by atoms with van der Waals surface area (Å²) in [7, 11) is -3.36. The number of hydrogen-bond acceptors (Lipinski definition) is 4. The molecule has 120 valence electrons. The van der Waals surface area contributed by atoms with E-state index in [2.05, 4.69) is 19.2 Å². The normalized spacial score (nSPS) is 24.4. The van der Waals surface area contributed by atoms with Gasteiger partial charge in [0.05, 0.1) is 4.90 Å². The highest BCUT2D eigenvalue weighted by molar-refractivity contribution is 7.89. The molecule has 0 aliphatic carbocycles. The fraction of sp³-hybridized carbons (Fsp3) is 0.733. The number of piperidine rings is 1. The van der Waals surface area contributed by atoms with E-state index >= 15 is 0 Å². The number of sulfonamides is 1. The molecule has 6 heteroatoms. The predicted molar refractivity (Wildman–Crippen MR) is 88.2 cm³/mol. The topological polar surface area (TPSA) is 49.4 Å². The molecule has 1 N–H and O–H groups in total. The van der Waals surface area contributed by atoms with Gasteiger partial charge in [0.15, 0.2) is 0 Å². The third-order valence-corrected chi connectivity index (χ3v) is 7.67. The molecule has 1 aromatic rings. The number of nitrogens with one attached hydrogen (secondary N) is 1. The van der Waals surface area contributed by atoms with Gasteiger partial charge in [-0.25, -0.2) is 8.42 Å². The van der Waals surface area contributed by atoms with E-state index in [1.807, 2.05) is 19.9 Å². The number of thiophene rings is 1. The first-order chi connectivity index (χ1) is 9.87. The number of nitrogens with zero attached hydrogens (tertiary/aromatic N) is 1. The molecule has 0 amide bonds. The molecule has 1 aromatic heterocycles. The molecule has 0 bridgehead atoms. The summed E-state index contributed by atoms with van der Waals surface area (Å²) in [5, 5.41) is 3.25. The van der Waals surface area contributed by atoms with Crippen LogP contribution < -0.4 is 5.32 Å². The van der Waals surface area contributed by atoms with Gasteiger partial charge in [-0.15, -0.1) is 11.3 Å². The second-order valence-electron chi connectivity index (χ2n) is 5.89. The van der Waals surface area contributed by atoms with Crippen LogP contribution in [0, 0.1) is 12.8 Å². The smallest absolute Gasteiger partial charge is 0.244 e. The Kier molecular flexibility index (Phi) is 5.46. The van der Waals surface area contributed by atoms with Gasteiger partial charge in [-0.3, -0.25) is 0 Å². The van der Waals surface area contributed by atoms with Crippen LogP contribution in [0.15, 0.2) is 11.0 Å². The monoisotopic (exact) mass is 330 g/mol. The maximum atomic E-state index is 13.0. The van der Waals surface area contributed by atoms with Crippen LogP contribution in [0.5, 0.6) is 0 Å². The molecular weight excluding hydrogens is 304 g/mol. The molecule has 1 aliphatic heterocycles. The van der Waals surface area contributed by atoms with Crippen molar-refractivity contribution < 1.29 is 8.42 Å². The van der Waals surface area contributed by atoms with Crippen molar-refractivity contribution in [2.24, 2.45) is 5.92 Å². The van der Waals surface area contributed by atoms with Gasteiger partial charge < -0.3 is 5.32 Å². The fourth-order valence-electron chi connectivity index (χ4n) is 2.88. The van der Waals surface area contributed by atoms with Gasteiger partial charge in [0.2, 0.25) is 10.0 Å². The first kappa shape index (κ1) is 16.9. The zero-order valence-electron chi connectivity index (χ0n) is 13.3. The second kappa shape index (κ2) is 6.77. The third-order valence-electron chi connectivity index (χ3n) is 4.37. The van der Waals surface area contributed by atoms with Gasteiger partial charge in [-0.1, -0.05) is 13.8 Å². The summed E-state index contributed by atoms with van der Waals surface area (Å²) in [5.41, 5.74) is 0. The highest BCUT2D eigenvalue weighted by Gasteiger charge is 2.35. The largest absolute Gasteiger partial charge is 0.312 e. The molecule has 0 radical (unpaired) electrons. The van der Waals surface area contributed by atoms with E-state index in [0.717, 1.165) is 35.7 Å². The van der Waals surface area contributed by atoms with Gasteiger partial charge in [-0.2, -0.15) is 4.31 Å². The second-order valence-corrected chi connectivity index (χ2v) is 9.09. The van der Waals surface area contributed by atoms with E-state index in [1.165, 1.54) is 0 Å².